The Kier molecular flexibility index (Phi) is 1.93. The standard InChI is InChI=1S/C12H10N2O2/c15-12-13-7-9-4-3-8(6-10(9)14-12)11-2-1-5-16-11/h1-6H,7H2,(H2,13,14,15). The summed E-state index contributed by atoms with van der Waals surface area (Å²) in [5.74, 6) is 0.801. The normalized spacial score (nSPS) is 13.9. The highest BCUT2D eigenvalue weighted by molar-refractivity contribution is 5.93. The average molecular weight is 214 g/mol. The molecule has 0 aliphatic carbocycles. The van der Waals surface area contributed by atoms with Crippen molar-refractivity contribution in [3.8, 4) is 11.3 Å². The molecular formula is C12H10N2O2. The lowest BCUT2D eigenvalue weighted by atomic mass is 10.1. The van der Waals surface area contributed by atoms with Gasteiger partial charge in [0.25, 0.3) is 0 Å². The summed E-state index contributed by atoms with van der Waals surface area (Å²) in [4.78, 5) is 11.2. The third kappa shape index (κ3) is 1.44. The second kappa shape index (κ2) is 3.41. The SMILES string of the molecule is O=C1NCc2ccc(-c3ccco3)cc2N1. The van der Waals surface area contributed by atoms with E-state index in [1.807, 2.05) is 30.3 Å². The van der Waals surface area contributed by atoms with Crippen molar-refractivity contribution in [1.82, 2.24) is 5.32 Å². The van der Waals surface area contributed by atoms with Crippen LogP contribution >= 0.6 is 0 Å². The first-order chi connectivity index (χ1) is 7.83. The zero-order valence-electron chi connectivity index (χ0n) is 8.49. The van der Waals surface area contributed by atoms with E-state index in [4.69, 9.17) is 4.42 Å². The summed E-state index contributed by atoms with van der Waals surface area (Å²) in [6.07, 6.45) is 1.63. The number of nitrogens with one attached hydrogen (secondary N) is 2. The molecule has 2 amide bonds. The Morgan fingerprint density at radius 1 is 1.25 bits per heavy atom. The Morgan fingerprint density at radius 3 is 3.00 bits per heavy atom. The number of anilines is 1. The molecule has 0 atom stereocenters. The third-order valence-corrected chi connectivity index (χ3v) is 2.60. The lowest BCUT2D eigenvalue weighted by molar-refractivity contribution is 0.251. The van der Waals surface area contributed by atoms with E-state index < -0.39 is 0 Å². The zero-order valence-corrected chi connectivity index (χ0v) is 8.49. The molecule has 1 aliphatic heterocycles. The summed E-state index contributed by atoms with van der Waals surface area (Å²) in [5.41, 5.74) is 2.89. The molecule has 0 fully saturated rings. The van der Waals surface area contributed by atoms with Crippen LogP contribution in [0.5, 0.6) is 0 Å². The summed E-state index contributed by atoms with van der Waals surface area (Å²) < 4.78 is 5.31. The Bertz CT molecular complexity index is 532. The van der Waals surface area contributed by atoms with Gasteiger partial charge >= 0.3 is 6.03 Å². The van der Waals surface area contributed by atoms with Gasteiger partial charge < -0.3 is 15.1 Å². The van der Waals surface area contributed by atoms with Crippen LogP contribution < -0.4 is 10.6 Å². The van der Waals surface area contributed by atoms with E-state index in [0.717, 1.165) is 22.6 Å². The predicted octanol–water partition coefficient (Wildman–Crippen LogP) is 2.58. The molecule has 80 valence electrons. The number of fused-ring (bicyclic) bond motifs is 1. The zero-order chi connectivity index (χ0) is 11.0. The van der Waals surface area contributed by atoms with Gasteiger partial charge in [-0.05, 0) is 23.8 Å². The molecule has 0 unspecified atom stereocenters. The van der Waals surface area contributed by atoms with Crippen molar-refractivity contribution in [3.05, 3.63) is 42.2 Å². The van der Waals surface area contributed by atoms with Gasteiger partial charge in [0.1, 0.15) is 5.76 Å². The monoisotopic (exact) mass is 214 g/mol. The molecular weight excluding hydrogens is 204 g/mol. The molecule has 0 saturated carbocycles. The lowest BCUT2D eigenvalue weighted by Crippen LogP contribution is -2.33. The molecule has 0 bridgehead atoms. The highest BCUT2D eigenvalue weighted by atomic mass is 16.3. The first-order valence-electron chi connectivity index (χ1n) is 5.04. The van der Waals surface area contributed by atoms with Crippen molar-refractivity contribution in [2.24, 2.45) is 0 Å². The molecule has 16 heavy (non-hydrogen) atoms. The van der Waals surface area contributed by atoms with E-state index in [1.54, 1.807) is 6.26 Å². The molecule has 0 spiro atoms. The van der Waals surface area contributed by atoms with Crippen LogP contribution in [0.1, 0.15) is 5.56 Å². The molecule has 4 heteroatoms. The lowest BCUT2D eigenvalue weighted by Gasteiger charge is -2.18. The minimum Gasteiger partial charge on any atom is -0.464 e. The van der Waals surface area contributed by atoms with Gasteiger partial charge in [-0.1, -0.05) is 12.1 Å². The van der Waals surface area contributed by atoms with Gasteiger partial charge in [-0.3, -0.25) is 0 Å². The number of carbonyl (C=O) groups is 1. The molecule has 4 nitrogen and oxygen atoms in total. The Labute approximate surface area is 92.3 Å². The summed E-state index contributed by atoms with van der Waals surface area (Å²) in [5, 5.41) is 5.49. The second-order valence-electron chi connectivity index (χ2n) is 3.66. The fraction of sp³-hybridized carbons (Fsp3) is 0.0833. The molecule has 2 N–H and O–H groups in total. The fourth-order valence-corrected chi connectivity index (χ4v) is 1.79. The van der Waals surface area contributed by atoms with Crippen LogP contribution in [0.25, 0.3) is 11.3 Å². The average Bonchev–Trinajstić information content (AvgIpc) is 2.81. The van der Waals surface area contributed by atoms with Crippen molar-refractivity contribution in [2.75, 3.05) is 5.32 Å². The van der Waals surface area contributed by atoms with Crippen molar-refractivity contribution in [2.45, 2.75) is 6.54 Å². The van der Waals surface area contributed by atoms with Gasteiger partial charge in [-0.2, -0.15) is 0 Å². The van der Waals surface area contributed by atoms with Crippen LogP contribution in [0.4, 0.5) is 10.5 Å². The number of carbonyl (C=O) groups excluding carboxylic acids is 1. The number of hydrogen-bond acceptors (Lipinski definition) is 2. The second-order valence-corrected chi connectivity index (χ2v) is 3.66. The van der Waals surface area contributed by atoms with E-state index >= 15 is 0 Å². The van der Waals surface area contributed by atoms with Crippen LogP contribution in [0.2, 0.25) is 0 Å². The van der Waals surface area contributed by atoms with Crippen LogP contribution in [-0.2, 0) is 6.54 Å². The maximum absolute atomic E-state index is 11.2. The van der Waals surface area contributed by atoms with Crippen LogP contribution in [0, 0.1) is 0 Å². The number of urea groups is 1. The van der Waals surface area contributed by atoms with Crippen LogP contribution in [-0.4, -0.2) is 6.03 Å². The smallest absolute Gasteiger partial charge is 0.319 e. The third-order valence-electron chi connectivity index (χ3n) is 2.60. The molecule has 0 saturated heterocycles. The molecule has 3 rings (SSSR count). The number of benzene rings is 1. The maximum Gasteiger partial charge on any atom is 0.319 e. The topological polar surface area (TPSA) is 54.3 Å². The maximum atomic E-state index is 11.2. The van der Waals surface area contributed by atoms with Gasteiger partial charge in [-0.25, -0.2) is 4.79 Å². The van der Waals surface area contributed by atoms with E-state index in [2.05, 4.69) is 10.6 Å². The first-order valence-corrected chi connectivity index (χ1v) is 5.04. The van der Waals surface area contributed by atoms with Gasteiger partial charge in [0.15, 0.2) is 0 Å². The number of amides is 2. The Morgan fingerprint density at radius 2 is 2.19 bits per heavy atom. The van der Waals surface area contributed by atoms with Crippen LogP contribution in [0.3, 0.4) is 0 Å². The van der Waals surface area contributed by atoms with Gasteiger partial charge in [0.05, 0.1) is 6.26 Å². The summed E-state index contributed by atoms with van der Waals surface area (Å²) >= 11 is 0. The molecule has 1 aliphatic rings. The largest absolute Gasteiger partial charge is 0.464 e. The summed E-state index contributed by atoms with van der Waals surface area (Å²) in [6, 6.07) is 9.47. The minimum atomic E-state index is -0.163. The van der Waals surface area contributed by atoms with Crippen molar-refractivity contribution >= 4 is 11.7 Å². The number of rotatable bonds is 1. The molecule has 1 aromatic heterocycles. The van der Waals surface area contributed by atoms with E-state index in [1.165, 1.54) is 0 Å². The summed E-state index contributed by atoms with van der Waals surface area (Å²) in [7, 11) is 0. The first kappa shape index (κ1) is 9.03. The van der Waals surface area contributed by atoms with E-state index in [9.17, 15) is 4.79 Å². The fourth-order valence-electron chi connectivity index (χ4n) is 1.79. The van der Waals surface area contributed by atoms with E-state index in [-0.39, 0.29) is 6.03 Å². The number of hydrogen-bond donors (Lipinski definition) is 2. The molecule has 1 aromatic carbocycles. The Hall–Kier alpha value is -2.23. The molecule has 0 radical (unpaired) electrons. The van der Waals surface area contributed by atoms with Gasteiger partial charge in [-0.15, -0.1) is 0 Å². The number of furan rings is 1. The highest BCUT2D eigenvalue weighted by Gasteiger charge is 2.14. The predicted molar refractivity (Wildman–Crippen MR) is 60.0 cm³/mol. The highest BCUT2D eigenvalue weighted by Crippen LogP contribution is 2.27. The van der Waals surface area contributed by atoms with Crippen molar-refractivity contribution in [1.29, 1.82) is 0 Å². The van der Waals surface area contributed by atoms with Crippen LogP contribution in [0.15, 0.2) is 41.0 Å². The quantitative estimate of drug-likeness (QED) is 0.766. The Balaban J connectivity index is 2.04. The van der Waals surface area contributed by atoms with Crippen molar-refractivity contribution < 1.29 is 9.21 Å². The molecule has 2 aromatic rings. The van der Waals surface area contributed by atoms with Gasteiger partial charge in [0.2, 0.25) is 0 Å². The van der Waals surface area contributed by atoms with E-state index in [0.29, 0.717) is 6.54 Å². The minimum absolute atomic E-state index is 0.163. The molecule has 2 heterocycles. The van der Waals surface area contributed by atoms with Gasteiger partial charge in [0, 0.05) is 17.8 Å². The van der Waals surface area contributed by atoms with Crippen molar-refractivity contribution in [3.63, 3.8) is 0 Å². The summed E-state index contributed by atoms with van der Waals surface area (Å²) in [6.45, 7) is 0.569.